The molecule has 0 N–H and O–H groups in total. The van der Waals surface area contributed by atoms with E-state index in [2.05, 4.69) is 0 Å². The van der Waals surface area contributed by atoms with Crippen molar-refractivity contribution in [3.63, 3.8) is 0 Å². The van der Waals surface area contributed by atoms with Crippen LogP contribution in [0.2, 0.25) is 0 Å². The average molecular weight is 480 g/mol. The van der Waals surface area contributed by atoms with Crippen LogP contribution in [-0.2, 0) is 24.9 Å². The molecule has 0 spiro atoms. The second-order valence-electron chi connectivity index (χ2n) is 7.91. The maximum absolute atomic E-state index is 14.8. The molecule has 2 aromatic rings. The molecule has 0 aromatic heterocycles. The topological polar surface area (TPSA) is 72.8 Å². The lowest BCUT2D eigenvalue weighted by atomic mass is 9.85. The molecule has 5 nitrogen and oxygen atoms in total. The van der Waals surface area contributed by atoms with Gasteiger partial charge in [0.25, 0.3) is 0 Å². The van der Waals surface area contributed by atoms with E-state index in [1.807, 2.05) is 19.9 Å². The Bertz CT molecular complexity index is 1210. The fourth-order valence-electron chi connectivity index (χ4n) is 4.27. The molecule has 3 atom stereocenters. The highest BCUT2D eigenvalue weighted by molar-refractivity contribution is 8.16. The molecule has 0 bridgehead atoms. The molecule has 2 aromatic carbocycles. The summed E-state index contributed by atoms with van der Waals surface area (Å²) in [6, 6.07) is 14.5. The van der Waals surface area contributed by atoms with Crippen molar-refractivity contribution in [2.75, 3.05) is 7.11 Å². The first-order chi connectivity index (χ1) is 14.6. The Kier molecular flexibility index (Phi) is 6.36. The molecule has 1 aliphatic heterocycles. The highest BCUT2D eigenvalue weighted by Crippen LogP contribution is 2.66. The van der Waals surface area contributed by atoms with E-state index >= 15 is 0 Å². The van der Waals surface area contributed by atoms with Crippen LogP contribution in [0.15, 0.2) is 69.6 Å². The Morgan fingerprint density at radius 3 is 2.56 bits per heavy atom. The maximum Gasteiger partial charge on any atom is 0.322 e. The second-order valence-corrected chi connectivity index (χ2v) is 11.3. The highest BCUT2D eigenvalue weighted by atomic mass is 32.2. The van der Waals surface area contributed by atoms with Crippen molar-refractivity contribution in [2.24, 2.45) is 10.9 Å². The van der Waals surface area contributed by atoms with Gasteiger partial charge >= 0.3 is 5.97 Å². The molecule has 170 valence electrons. The lowest BCUT2D eigenvalue weighted by Crippen LogP contribution is -2.37. The lowest BCUT2D eigenvalue weighted by Gasteiger charge is -2.33. The molecule has 1 heterocycles. The van der Waals surface area contributed by atoms with Crippen molar-refractivity contribution in [3.8, 4) is 0 Å². The maximum atomic E-state index is 14.8. The Balaban J connectivity index is 0.00000289. The number of benzene rings is 2. The Morgan fingerprint density at radius 1 is 1.22 bits per heavy atom. The minimum absolute atomic E-state index is 0. The summed E-state index contributed by atoms with van der Waals surface area (Å²) in [7, 11) is -2.84. The molecule has 1 aliphatic carbocycles. The largest absolute Gasteiger partial charge is 0.468 e. The van der Waals surface area contributed by atoms with E-state index in [1.54, 1.807) is 36.4 Å². The van der Waals surface area contributed by atoms with Gasteiger partial charge in [-0.25, -0.2) is 8.42 Å². The van der Waals surface area contributed by atoms with Crippen LogP contribution in [0.4, 0.5) is 9.09 Å². The summed E-state index contributed by atoms with van der Waals surface area (Å²) in [5, 5.41) is -0.448. The number of hydrogen-bond donors (Lipinski definition) is 0. The third-order valence-corrected chi connectivity index (χ3v) is 8.79. The molecular weight excluding hydrogens is 456 g/mol. The van der Waals surface area contributed by atoms with E-state index in [9.17, 15) is 17.6 Å². The van der Waals surface area contributed by atoms with Gasteiger partial charge in [0.1, 0.15) is 4.75 Å². The van der Waals surface area contributed by atoms with Gasteiger partial charge in [-0.15, -0.1) is 0 Å². The van der Waals surface area contributed by atoms with E-state index in [0.29, 0.717) is 12.0 Å². The average Bonchev–Trinajstić information content (AvgIpc) is 3.50. The van der Waals surface area contributed by atoms with Gasteiger partial charge < -0.3 is 4.74 Å². The number of carbonyl (C=O) groups excluding carboxylic acids is 1. The van der Waals surface area contributed by atoms with Gasteiger partial charge in [-0.1, -0.05) is 48.2 Å². The molecule has 2 aliphatic rings. The van der Waals surface area contributed by atoms with Gasteiger partial charge in [0, 0.05) is 5.92 Å². The first-order valence-electron chi connectivity index (χ1n) is 9.75. The van der Waals surface area contributed by atoms with Gasteiger partial charge in [0.15, 0.2) is 0 Å². The zero-order valence-electron chi connectivity index (χ0n) is 17.7. The Hall–Kier alpha value is -2.52. The lowest BCUT2D eigenvalue weighted by molar-refractivity contribution is -0.141. The number of carbonyl (C=O) groups is 1. The summed E-state index contributed by atoms with van der Waals surface area (Å²) in [5.41, 5.74) is 0.509. The van der Waals surface area contributed by atoms with Crippen molar-refractivity contribution in [2.45, 2.75) is 35.4 Å². The van der Waals surface area contributed by atoms with E-state index in [1.165, 1.54) is 31.0 Å². The summed E-state index contributed by atoms with van der Waals surface area (Å²) in [4.78, 5) is 17.2. The van der Waals surface area contributed by atoms with E-state index < -0.39 is 25.3 Å². The first kappa shape index (κ1) is 24.1. The fraction of sp³-hybridized carbons (Fsp3) is 0.304. The van der Waals surface area contributed by atoms with Crippen LogP contribution >= 0.6 is 11.8 Å². The molecule has 0 saturated heterocycles. The minimum Gasteiger partial charge on any atom is -0.468 e. The predicted molar refractivity (Wildman–Crippen MR) is 123 cm³/mol. The van der Waals surface area contributed by atoms with Crippen molar-refractivity contribution in [1.82, 2.24) is 0 Å². The van der Waals surface area contributed by atoms with Crippen molar-refractivity contribution in [3.05, 3.63) is 70.9 Å². The van der Waals surface area contributed by atoms with Gasteiger partial charge in [-0.3, -0.25) is 14.5 Å². The van der Waals surface area contributed by atoms with Crippen LogP contribution in [0.1, 0.15) is 31.4 Å². The summed E-state index contributed by atoms with van der Waals surface area (Å²) >= 11 is 1.43. The van der Waals surface area contributed by atoms with E-state index in [4.69, 9.17) is 9.73 Å². The summed E-state index contributed by atoms with van der Waals surface area (Å²) in [6.07, 6.45) is 1.66. The van der Waals surface area contributed by atoms with Crippen LogP contribution in [0.25, 0.3) is 6.08 Å². The molecule has 2 unspecified atom stereocenters. The van der Waals surface area contributed by atoms with Gasteiger partial charge in [0.05, 0.1) is 22.6 Å². The SMILES string of the molecule is COC(=O)C12CC1[C@@](C)(c1cccc(/C=C(\F)S(=O)(=O)c3ccccc3)c1)N=C(C)S2.F. The van der Waals surface area contributed by atoms with Gasteiger partial charge in [0.2, 0.25) is 15.0 Å². The number of methoxy groups -OCH3 is 1. The number of fused-ring (bicyclic) bond motifs is 1. The zero-order valence-corrected chi connectivity index (χ0v) is 19.4. The van der Waals surface area contributed by atoms with Crippen LogP contribution < -0.4 is 0 Å². The normalized spacial score (nSPS) is 26.9. The van der Waals surface area contributed by atoms with Crippen molar-refractivity contribution < 1.29 is 27.0 Å². The van der Waals surface area contributed by atoms with Crippen molar-refractivity contribution in [1.29, 1.82) is 0 Å². The molecule has 32 heavy (non-hydrogen) atoms. The molecular formula is C23H23F2NO4S2. The smallest absolute Gasteiger partial charge is 0.322 e. The molecule has 9 heteroatoms. The van der Waals surface area contributed by atoms with Crippen LogP contribution in [0.3, 0.4) is 0 Å². The quantitative estimate of drug-likeness (QED) is 0.571. The molecule has 1 fully saturated rings. The summed E-state index contributed by atoms with van der Waals surface area (Å²) in [5.74, 6) is -0.322. The van der Waals surface area contributed by atoms with E-state index in [0.717, 1.165) is 16.7 Å². The molecule has 0 radical (unpaired) electrons. The van der Waals surface area contributed by atoms with Crippen molar-refractivity contribution >= 4 is 38.7 Å². The standard InChI is InChI=1S/C23H22FNO4S2.FH/c1-15-25-22(2,19-14-23(19,30-15)21(26)29-3)17-9-7-8-16(12-17)13-20(24)31(27,28)18-10-5-4-6-11-18;/h4-13,19H,14H2,1-3H3;1H/b20-13+;/t19?,22-,23?;/m1./s1. The monoisotopic (exact) mass is 479 g/mol. The van der Waals surface area contributed by atoms with Crippen LogP contribution in [0.5, 0.6) is 0 Å². The third-order valence-electron chi connectivity index (χ3n) is 5.90. The number of nitrogens with zero attached hydrogens (tertiary/aromatic N) is 1. The number of esters is 1. The van der Waals surface area contributed by atoms with Gasteiger partial charge in [-0.2, -0.15) is 4.39 Å². The number of sulfone groups is 1. The van der Waals surface area contributed by atoms with Crippen LogP contribution in [-0.4, -0.2) is 31.3 Å². The first-order valence-corrected chi connectivity index (χ1v) is 12.1. The number of rotatable bonds is 5. The number of ether oxygens (including phenoxy) is 1. The van der Waals surface area contributed by atoms with Crippen LogP contribution in [0, 0.1) is 5.92 Å². The molecule has 4 rings (SSSR count). The number of halogens is 2. The number of hydrogen-bond acceptors (Lipinski definition) is 6. The summed E-state index contributed by atoms with van der Waals surface area (Å²) < 4.78 is 44.2. The van der Waals surface area contributed by atoms with E-state index in [-0.39, 0.29) is 21.5 Å². The number of aliphatic imine (C=N–C) groups is 1. The Morgan fingerprint density at radius 2 is 1.91 bits per heavy atom. The zero-order chi connectivity index (χ0) is 22.4. The Labute approximate surface area is 190 Å². The fourth-order valence-corrected chi connectivity index (χ4v) is 6.85. The minimum atomic E-state index is -4.22. The number of thioether (sulfide) groups is 1. The highest BCUT2D eigenvalue weighted by Gasteiger charge is 2.70. The molecule has 0 amide bonds. The molecule has 1 saturated carbocycles. The summed E-state index contributed by atoms with van der Waals surface area (Å²) in [6.45, 7) is 3.81. The second kappa shape index (κ2) is 8.44. The van der Waals surface area contributed by atoms with Gasteiger partial charge in [-0.05, 0) is 55.7 Å². The third kappa shape index (κ3) is 3.88. The predicted octanol–water partition coefficient (Wildman–Crippen LogP) is 4.89.